The molecule has 0 aromatic heterocycles. The van der Waals surface area contributed by atoms with Gasteiger partial charge in [0.15, 0.2) is 11.5 Å². The third kappa shape index (κ3) is 6.45. The van der Waals surface area contributed by atoms with Crippen molar-refractivity contribution < 1.29 is 14.3 Å². The van der Waals surface area contributed by atoms with Crippen molar-refractivity contribution in [3.63, 3.8) is 0 Å². The second-order valence-electron chi connectivity index (χ2n) is 6.58. The predicted molar refractivity (Wildman–Crippen MR) is 136 cm³/mol. The van der Waals surface area contributed by atoms with Gasteiger partial charge in [-0.2, -0.15) is 5.26 Å². The molecule has 5 nitrogen and oxygen atoms in total. The van der Waals surface area contributed by atoms with Crippen molar-refractivity contribution in [2.75, 3.05) is 12.4 Å². The van der Waals surface area contributed by atoms with Crippen molar-refractivity contribution in [2.24, 2.45) is 0 Å². The molecule has 3 rings (SSSR count). The van der Waals surface area contributed by atoms with Crippen molar-refractivity contribution in [1.82, 2.24) is 0 Å². The first-order chi connectivity index (χ1) is 15.4. The molecule has 0 unspecified atom stereocenters. The van der Waals surface area contributed by atoms with Crippen LogP contribution in [0.4, 0.5) is 5.69 Å². The summed E-state index contributed by atoms with van der Waals surface area (Å²) in [6.45, 7) is 0.357. The fraction of sp³-hybridized carbons (Fsp3) is 0.0833. The molecule has 0 saturated carbocycles. The lowest BCUT2D eigenvalue weighted by Gasteiger charge is -2.14. The Morgan fingerprint density at radius 2 is 1.81 bits per heavy atom. The van der Waals surface area contributed by atoms with Crippen molar-refractivity contribution >= 4 is 65.5 Å². The van der Waals surface area contributed by atoms with Gasteiger partial charge in [-0.1, -0.05) is 50.1 Å². The summed E-state index contributed by atoms with van der Waals surface area (Å²) in [5.74, 6) is 0.508. The number of hydrogen-bond acceptors (Lipinski definition) is 4. The Morgan fingerprint density at radius 1 is 1.06 bits per heavy atom. The van der Waals surface area contributed by atoms with E-state index >= 15 is 0 Å². The summed E-state index contributed by atoms with van der Waals surface area (Å²) >= 11 is 10.3. The molecule has 162 valence electrons. The quantitative estimate of drug-likeness (QED) is 0.226. The summed E-state index contributed by atoms with van der Waals surface area (Å²) in [5, 5.41) is 12.2. The molecule has 0 bridgehead atoms. The first-order valence-electron chi connectivity index (χ1n) is 9.33. The molecular formula is C24H17Br3N2O3. The van der Waals surface area contributed by atoms with Gasteiger partial charge in [0, 0.05) is 14.6 Å². The minimum absolute atomic E-state index is 0.0394. The molecule has 3 aromatic carbocycles. The zero-order valence-electron chi connectivity index (χ0n) is 16.9. The number of carbonyl (C=O) groups is 1. The monoisotopic (exact) mass is 618 g/mol. The Balaban J connectivity index is 1.81. The highest BCUT2D eigenvalue weighted by Crippen LogP contribution is 2.38. The van der Waals surface area contributed by atoms with Crippen molar-refractivity contribution in [3.8, 4) is 17.6 Å². The van der Waals surface area contributed by atoms with Gasteiger partial charge in [0.25, 0.3) is 5.91 Å². The van der Waals surface area contributed by atoms with Crippen LogP contribution in [0.2, 0.25) is 0 Å². The molecule has 8 heteroatoms. The fourth-order valence-electron chi connectivity index (χ4n) is 2.78. The van der Waals surface area contributed by atoms with E-state index in [2.05, 4.69) is 53.1 Å². The molecule has 0 aliphatic carbocycles. The zero-order valence-corrected chi connectivity index (χ0v) is 21.6. The number of anilines is 1. The Bertz CT molecular complexity index is 1200. The smallest absolute Gasteiger partial charge is 0.266 e. The van der Waals surface area contributed by atoms with Gasteiger partial charge in [-0.15, -0.1) is 0 Å². The van der Waals surface area contributed by atoms with Crippen molar-refractivity contribution in [3.05, 3.63) is 90.8 Å². The second kappa shape index (κ2) is 11.3. The van der Waals surface area contributed by atoms with Crippen LogP contribution < -0.4 is 14.8 Å². The number of rotatable bonds is 7. The van der Waals surface area contributed by atoms with Crippen LogP contribution in [-0.2, 0) is 11.4 Å². The summed E-state index contributed by atoms with van der Waals surface area (Å²) in [5.41, 5.74) is 2.16. The largest absolute Gasteiger partial charge is 0.493 e. The first-order valence-corrected chi connectivity index (χ1v) is 11.7. The van der Waals surface area contributed by atoms with Crippen LogP contribution in [0.5, 0.6) is 11.5 Å². The molecule has 0 spiro atoms. The van der Waals surface area contributed by atoms with Gasteiger partial charge >= 0.3 is 0 Å². The summed E-state index contributed by atoms with van der Waals surface area (Å²) in [6.07, 6.45) is 1.50. The lowest BCUT2D eigenvalue weighted by atomic mass is 10.1. The summed E-state index contributed by atoms with van der Waals surface area (Å²) in [6, 6.07) is 20.4. The molecule has 0 aliphatic rings. The topological polar surface area (TPSA) is 71.3 Å². The summed E-state index contributed by atoms with van der Waals surface area (Å²) < 4.78 is 13.9. The Kier molecular flexibility index (Phi) is 8.51. The fourth-order valence-corrected chi connectivity index (χ4v) is 4.02. The van der Waals surface area contributed by atoms with Crippen LogP contribution in [0, 0.1) is 11.3 Å². The lowest BCUT2D eigenvalue weighted by molar-refractivity contribution is -0.112. The molecule has 1 amide bonds. The van der Waals surface area contributed by atoms with Crippen LogP contribution in [0.3, 0.4) is 0 Å². The van der Waals surface area contributed by atoms with Crippen LogP contribution in [0.1, 0.15) is 11.1 Å². The number of carbonyl (C=O) groups excluding carboxylic acids is 1. The number of methoxy groups -OCH3 is 1. The Hall–Kier alpha value is -2.60. The van der Waals surface area contributed by atoms with E-state index in [0.29, 0.717) is 33.8 Å². The van der Waals surface area contributed by atoms with Crippen LogP contribution in [-0.4, -0.2) is 13.0 Å². The molecule has 0 radical (unpaired) electrons. The van der Waals surface area contributed by atoms with Crippen molar-refractivity contribution in [1.29, 1.82) is 5.26 Å². The minimum atomic E-state index is -0.503. The standard InChI is InChI=1S/C24H17Br3N2O3/c1-31-22-11-16(9-17(13-28)24(30)29-20-4-2-3-19(26)12-20)10-21(27)23(22)32-14-15-5-7-18(25)8-6-15/h2-12H,14H2,1H3,(H,29,30)/b17-9-. The maximum absolute atomic E-state index is 12.6. The van der Waals surface area contributed by atoms with E-state index < -0.39 is 5.91 Å². The minimum Gasteiger partial charge on any atom is -0.493 e. The van der Waals surface area contributed by atoms with Gasteiger partial charge in [0.1, 0.15) is 18.2 Å². The van der Waals surface area contributed by atoms with E-state index in [4.69, 9.17) is 9.47 Å². The second-order valence-corrected chi connectivity index (χ2v) is 9.27. The van der Waals surface area contributed by atoms with E-state index in [9.17, 15) is 10.1 Å². The van der Waals surface area contributed by atoms with E-state index in [-0.39, 0.29) is 5.57 Å². The third-order valence-electron chi connectivity index (χ3n) is 4.31. The number of halogens is 3. The number of nitrogens with one attached hydrogen (secondary N) is 1. The van der Waals surface area contributed by atoms with E-state index in [1.165, 1.54) is 13.2 Å². The summed E-state index contributed by atoms with van der Waals surface area (Å²) in [7, 11) is 1.53. The molecular weight excluding hydrogens is 604 g/mol. The predicted octanol–water partition coefficient (Wildman–Crippen LogP) is 7.11. The van der Waals surface area contributed by atoms with Crippen LogP contribution in [0.25, 0.3) is 6.08 Å². The maximum atomic E-state index is 12.6. The van der Waals surface area contributed by atoms with Crippen LogP contribution >= 0.6 is 47.8 Å². The van der Waals surface area contributed by atoms with Gasteiger partial charge in [-0.3, -0.25) is 4.79 Å². The van der Waals surface area contributed by atoms with Crippen molar-refractivity contribution in [2.45, 2.75) is 6.61 Å². The molecule has 1 N–H and O–H groups in total. The Labute approximate surface area is 211 Å². The Morgan fingerprint density at radius 3 is 2.47 bits per heavy atom. The van der Waals surface area contributed by atoms with E-state index in [1.807, 2.05) is 36.4 Å². The van der Waals surface area contributed by atoms with E-state index in [1.54, 1.807) is 30.3 Å². The third-order valence-corrected chi connectivity index (χ3v) is 5.92. The van der Waals surface area contributed by atoms with Gasteiger partial charge in [0.05, 0.1) is 11.6 Å². The molecule has 3 aromatic rings. The molecule has 0 saturated heterocycles. The number of amides is 1. The van der Waals surface area contributed by atoms with Gasteiger partial charge in [-0.05, 0) is 75.6 Å². The number of benzene rings is 3. The number of nitriles is 1. The van der Waals surface area contributed by atoms with Gasteiger partial charge in [0.2, 0.25) is 0 Å². The normalized spacial score (nSPS) is 10.9. The molecule has 0 heterocycles. The highest BCUT2D eigenvalue weighted by Gasteiger charge is 2.14. The number of hydrogen-bond donors (Lipinski definition) is 1. The number of ether oxygens (including phenoxy) is 2. The van der Waals surface area contributed by atoms with Gasteiger partial charge < -0.3 is 14.8 Å². The SMILES string of the molecule is COc1cc(/C=C(/C#N)C(=O)Nc2cccc(Br)c2)cc(Br)c1OCc1ccc(Br)cc1. The lowest BCUT2D eigenvalue weighted by Crippen LogP contribution is -2.13. The average Bonchev–Trinajstić information content (AvgIpc) is 2.77. The highest BCUT2D eigenvalue weighted by atomic mass is 79.9. The highest BCUT2D eigenvalue weighted by molar-refractivity contribution is 9.11. The van der Waals surface area contributed by atoms with Crippen LogP contribution in [0.15, 0.2) is 79.7 Å². The molecule has 0 aliphatic heterocycles. The number of nitrogens with zero attached hydrogens (tertiary/aromatic N) is 1. The zero-order chi connectivity index (χ0) is 23.1. The first kappa shape index (κ1) is 24.1. The van der Waals surface area contributed by atoms with E-state index in [0.717, 1.165) is 14.5 Å². The molecule has 0 fully saturated rings. The molecule has 0 atom stereocenters. The maximum Gasteiger partial charge on any atom is 0.266 e. The summed E-state index contributed by atoms with van der Waals surface area (Å²) in [4.78, 5) is 12.6. The van der Waals surface area contributed by atoms with Gasteiger partial charge in [-0.25, -0.2) is 0 Å². The average molecular weight is 621 g/mol. The molecule has 32 heavy (non-hydrogen) atoms.